The lowest BCUT2D eigenvalue weighted by molar-refractivity contribution is 0.535. The Labute approximate surface area is 112 Å². The molecule has 17 heavy (non-hydrogen) atoms. The van der Waals surface area contributed by atoms with Crippen molar-refractivity contribution in [2.45, 2.75) is 46.2 Å². The molecule has 0 saturated carbocycles. The molecule has 0 amide bonds. The molecule has 0 aliphatic carbocycles. The SMILES string of the molecule is Cc1cc(C(C)N=C2NC(C)(C)CS2)c(C)s1. The fraction of sp³-hybridized carbons (Fsp3) is 0.615. The van der Waals surface area contributed by atoms with Crippen molar-refractivity contribution in [1.82, 2.24) is 5.32 Å². The molecule has 1 N–H and O–H groups in total. The summed E-state index contributed by atoms with van der Waals surface area (Å²) < 4.78 is 0. The minimum atomic E-state index is 0.183. The Morgan fingerprint density at radius 1 is 1.41 bits per heavy atom. The first-order valence-electron chi connectivity index (χ1n) is 5.93. The van der Waals surface area contributed by atoms with Gasteiger partial charge in [0.1, 0.15) is 0 Å². The van der Waals surface area contributed by atoms with Gasteiger partial charge < -0.3 is 5.32 Å². The molecular formula is C13H20N2S2. The lowest BCUT2D eigenvalue weighted by Crippen LogP contribution is -2.37. The Hall–Kier alpha value is -0.480. The van der Waals surface area contributed by atoms with Crippen molar-refractivity contribution in [1.29, 1.82) is 0 Å². The van der Waals surface area contributed by atoms with E-state index in [1.165, 1.54) is 15.3 Å². The Morgan fingerprint density at radius 2 is 2.12 bits per heavy atom. The van der Waals surface area contributed by atoms with Crippen LogP contribution < -0.4 is 5.32 Å². The lowest BCUT2D eigenvalue weighted by atomic mass is 10.1. The average Bonchev–Trinajstić information content (AvgIpc) is 2.69. The molecule has 1 aliphatic heterocycles. The van der Waals surface area contributed by atoms with E-state index in [0.29, 0.717) is 0 Å². The molecule has 2 heterocycles. The van der Waals surface area contributed by atoms with Crippen LogP contribution in [0.2, 0.25) is 0 Å². The number of amidine groups is 1. The summed E-state index contributed by atoms with van der Waals surface area (Å²) in [7, 11) is 0. The lowest BCUT2D eigenvalue weighted by Gasteiger charge is -2.16. The van der Waals surface area contributed by atoms with Crippen LogP contribution in [-0.4, -0.2) is 16.5 Å². The summed E-state index contributed by atoms with van der Waals surface area (Å²) in [5.41, 5.74) is 1.55. The summed E-state index contributed by atoms with van der Waals surface area (Å²) in [6.07, 6.45) is 0. The normalized spacial score (nSPS) is 22.8. The van der Waals surface area contributed by atoms with Crippen LogP contribution >= 0.6 is 23.1 Å². The van der Waals surface area contributed by atoms with Crippen LogP contribution in [0.1, 0.15) is 42.1 Å². The third-order valence-corrected chi connectivity index (χ3v) is 5.18. The Bertz CT molecular complexity index is 446. The molecule has 2 rings (SSSR count). The summed E-state index contributed by atoms with van der Waals surface area (Å²) in [5.74, 6) is 1.10. The molecule has 1 aliphatic rings. The smallest absolute Gasteiger partial charge is 0.157 e. The zero-order chi connectivity index (χ0) is 12.6. The van der Waals surface area contributed by atoms with Gasteiger partial charge in [0, 0.05) is 21.0 Å². The zero-order valence-corrected chi connectivity index (χ0v) is 12.8. The number of thioether (sulfide) groups is 1. The standard InChI is InChI=1S/C13H20N2S2/c1-8-6-11(10(3)17-8)9(2)14-12-15-13(4,5)7-16-12/h6,9H,7H2,1-5H3,(H,14,15). The number of thiophene rings is 1. The van der Waals surface area contributed by atoms with Gasteiger partial charge in [0.05, 0.1) is 6.04 Å². The molecule has 1 aromatic rings. The maximum absolute atomic E-state index is 4.79. The summed E-state index contributed by atoms with van der Waals surface area (Å²) >= 11 is 3.69. The largest absolute Gasteiger partial charge is 0.359 e. The highest BCUT2D eigenvalue weighted by atomic mass is 32.2. The van der Waals surface area contributed by atoms with Crippen LogP contribution in [0, 0.1) is 13.8 Å². The first-order chi connectivity index (χ1) is 7.87. The minimum absolute atomic E-state index is 0.183. The van der Waals surface area contributed by atoms with Gasteiger partial charge in [-0.05, 0) is 46.2 Å². The molecule has 1 atom stereocenters. The van der Waals surface area contributed by atoms with Crippen molar-refractivity contribution in [2.24, 2.45) is 4.99 Å². The van der Waals surface area contributed by atoms with E-state index in [9.17, 15) is 0 Å². The van der Waals surface area contributed by atoms with Crippen LogP contribution in [0.5, 0.6) is 0 Å². The molecule has 0 radical (unpaired) electrons. The molecule has 1 unspecified atom stereocenters. The molecule has 1 fully saturated rings. The van der Waals surface area contributed by atoms with E-state index in [1.54, 1.807) is 0 Å². The summed E-state index contributed by atoms with van der Waals surface area (Å²) in [4.78, 5) is 7.55. The van der Waals surface area contributed by atoms with Gasteiger partial charge in [-0.25, -0.2) is 0 Å². The summed E-state index contributed by atoms with van der Waals surface area (Å²) in [6.45, 7) is 10.9. The Morgan fingerprint density at radius 3 is 2.59 bits per heavy atom. The Balaban J connectivity index is 2.14. The quantitative estimate of drug-likeness (QED) is 0.880. The molecule has 0 spiro atoms. The van der Waals surface area contributed by atoms with Gasteiger partial charge in [0.25, 0.3) is 0 Å². The predicted molar refractivity (Wildman–Crippen MR) is 79.3 cm³/mol. The van der Waals surface area contributed by atoms with E-state index in [1.807, 2.05) is 23.1 Å². The van der Waals surface area contributed by atoms with E-state index in [2.05, 4.69) is 46.0 Å². The summed E-state index contributed by atoms with van der Waals surface area (Å²) in [5, 5.41) is 4.56. The highest BCUT2D eigenvalue weighted by Crippen LogP contribution is 2.30. The van der Waals surface area contributed by atoms with E-state index in [-0.39, 0.29) is 11.6 Å². The van der Waals surface area contributed by atoms with E-state index < -0.39 is 0 Å². The van der Waals surface area contributed by atoms with Crippen LogP contribution in [-0.2, 0) is 0 Å². The maximum atomic E-state index is 4.79. The Kier molecular flexibility index (Phi) is 3.55. The number of aryl methyl sites for hydroxylation is 2. The second-order valence-corrected chi connectivity index (χ2v) is 7.70. The van der Waals surface area contributed by atoms with Crippen molar-refractivity contribution in [2.75, 3.05) is 5.75 Å². The number of nitrogens with one attached hydrogen (secondary N) is 1. The third kappa shape index (κ3) is 3.05. The van der Waals surface area contributed by atoms with E-state index >= 15 is 0 Å². The van der Waals surface area contributed by atoms with Crippen LogP contribution in [0.3, 0.4) is 0 Å². The van der Waals surface area contributed by atoms with Crippen LogP contribution in [0.15, 0.2) is 11.1 Å². The molecular weight excluding hydrogens is 248 g/mol. The predicted octanol–water partition coefficient (Wildman–Crippen LogP) is 3.90. The zero-order valence-electron chi connectivity index (χ0n) is 11.1. The van der Waals surface area contributed by atoms with Crippen molar-refractivity contribution in [3.8, 4) is 0 Å². The first-order valence-corrected chi connectivity index (χ1v) is 7.73. The monoisotopic (exact) mass is 268 g/mol. The van der Waals surface area contributed by atoms with E-state index in [0.717, 1.165) is 10.9 Å². The number of hydrogen-bond donors (Lipinski definition) is 1. The molecule has 2 nitrogen and oxygen atoms in total. The molecule has 0 aromatic carbocycles. The average molecular weight is 268 g/mol. The van der Waals surface area contributed by atoms with Gasteiger partial charge in [-0.3, -0.25) is 4.99 Å². The van der Waals surface area contributed by atoms with Crippen molar-refractivity contribution >= 4 is 28.3 Å². The van der Waals surface area contributed by atoms with E-state index in [4.69, 9.17) is 4.99 Å². The highest BCUT2D eigenvalue weighted by molar-refractivity contribution is 8.14. The fourth-order valence-electron chi connectivity index (χ4n) is 1.99. The number of hydrogen-bond acceptors (Lipinski definition) is 3. The molecule has 1 saturated heterocycles. The molecule has 4 heteroatoms. The van der Waals surface area contributed by atoms with Crippen LogP contribution in [0.25, 0.3) is 0 Å². The fourth-order valence-corrected chi connectivity index (χ4v) is 4.16. The van der Waals surface area contributed by atoms with Crippen molar-refractivity contribution in [3.05, 3.63) is 21.4 Å². The topological polar surface area (TPSA) is 24.4 Å². The first kappa shape index (κ1) is 13.0. The number of rotatable bonds is 2. The van der Waals surface area contributed by atoms with Gasteiger partial charge in [-0.15, -0.1) is 11.3 Å². The van der Waals surface area contributed by atoms with Gasteiger partial charge >= 0.3 is 0 Å². The molecule has 1 aromatic heterocycles. The van der Waals surface area contributed by atoms with Gasteiger partial charge in [0.2, 0.25) is 0 Å². The molecule has 0 bridgehead atoms. The minimum Gasteiger partial charge on any atom is -0.359 e. The van der Waals surface area contributed by atoms with Gasteiger partial charge in [-0.1, -0.05) is 11.8 Å². The van der Waals surface area contributed by atoms with Gasteiger partial charge in [0.15, 0.2) is 5.17 Å². The molecule has 94 valence electrons. The number of nitrogens with zero attached hydrogens (tertiary/aromatic N) is 1. The van der Waals surface area contributed by atoms with Crippen molar-refractivity contribution in [3.63, 3.8) is 0 Å². The second-order valence-electron chi connectivity index (χ2n) is 5.28. The third-order valence-electron chi connectivity index (χ3n) is 2.86. The summed E-state index contributed by atoms with van der Waals surface area (Å²) in [6, 6.07) is 2.52. The number of aliphatic imine (C=N–C) groups is 1. The van der Waals surface area contributed by atoms with Crippen LogP contribution in [0.4, 0.5) is 0 Å². The van der Waals surface area contributed by atoms with Crippen molar-refractivity contribution < 1.29 is 0 Å². The second kappa shape index (κ2) is 4.65. The van der Waals surface area contributed by atoms with Gasteiger partial charge in [-0.2, -0.15) is 0 Å². The highest BCUT2D eigenvalue weighted by Gasteiger charge is 2.27. The maximum Gasteiger partial charge on any atom is 0.157 e.